The van der Waals surface area contributed by atoms with Gasteiger partial charge in [0.15, 0.2) is 0 Å². The molecule has 4 aromatic rings. The van der Waals surface area contributed by atoms with Gasteiger partial charge in [0.2, 0.25) is 10.0 Å². The third kappa shape index (κ3) is 7.17. The molecule has 2 N–H and O–H groups in total. The number of methoxy groups -OCH3 is 1. The molecule has 0 unspecified atom stereocenters. The summed E-state index contributed by atoms with van der Waals surface area (Å²) in [6.45, 7) is 7.18. The maximum absolute atomic E-state index is 16.2. The molecule has 1 amide bonds. The number of carbonyl (C=O) groups excluding carboxylic acids is 1. The fourth-order valence-corrected chi connectivity index (χ4v) is 7.17. The van der Waals surface area contributed by atoms with Crippen LogP contribution in [0.1, 0.15) is 84.8 Å². The fraction of sp³-hybridized carbons (Fsp3) is 0.417. The van der Waals surface area contributed by atoms with Crippen LogP contribution in [0.2, 0.25) is 0 Å². The molecule has 1 saturated carbocycles. The molecule has 6 rings (SSSR count). The Kier molecular flexibility index (Phi) is 9.63. The Morgan fingerprint density at radius 1 is 1.02 bits per heavy atom. The first-order valence-electron chi connectivity index (χ1n) is 16.3. The molecule has 266 valence electrons. The first kappa shape index (κ1) is 36.0. The summed E-state index contributed by atoms with van der Waals surface area (Å²) in [5, 5.41) is 0.462. The third-order valence-electron chi connectivity index (χ3n) is 9.67. The number of primary amides is 1. The highest BCUT2D eigenvalue weighted by Crippen LogP contribution is 2.47. The van der Waals surface area contributed by atoms with Crippen LogP contribution in [0.25, 0.3) is 11.0 Å². The summed E-state index contributed by atoms with van der Waals surface area (Å²) in [7, 11) is -3.49. The first-order chi connectivity index (χ1) is 23.5. The Bertz CT molecular complexity index is 2030. The van der Waals surface area contributed by atoms with Crippen LogP contribution in [-0.4, -0.2) is 52.8 Å². The number of sulfonamides is 1. The summed E-state index contributed by atoms with van der Waals surface area (Å²) < 4.78 is 87.2. The van der Waals surface area contributed by atoms with E-state index in [1.54, 1.807) is 30.3 Å². The Balaban J connectivity index is 1.43. The normalized spacial score (nSPS) is 17.1. The highest BCUT2D eigenvalue weighted by molar-refractivity contribution is 7.92. The van der Waals surface area contributed by atoms with E-state index >= 15 is 4.39 Å². The maximum atomic E-state index is 16.2. The van der Waals surface area contributed by atoms with Crippen molar-refractivity contribution in [3.8, 4) is 0 Å². The van der Waals surface area contributed by atoms with Gasteiger partial charge < -0.3 is 28.9 Å². The lowest BCUT2D eigenvalue weighted by molar-refractivity contribution is -0.0389. The van der Waals surface area contributed by atoms with Gasteiger partial charge in [0.05, 0.1) is 41.9 Å². The molecule has 1 aromatic heterocycles. The minimum Gasteiger partial charge on any atom is -0.460 e. The predicted molar refractivity (Wildman–Crippen MR) is 186 cm³/mol. The van der Waals surface area contributed by atoms with E-state index in [-0.39, 0.29) is 54.7 Å². The molecule has 0 bridgehead atoms. The van der Waals surface area contributed by atoms with E-state index in [4.69, 9.17) is 28.9 Å². The lowest BCUT2D eigenvalue weighted by atomic mass is 9.75. The quantitative estimate of drug-likeness (QED) is 0.107. The number of carbonyl (C=O) groups is 1. The topological polar surface area (TPSA) is 131 Å². The summed E-state index contributed by atoms with van der Waals surface area (Å²) in [5.41, 5.74) is 7.54. The van der Waals surface area contributed by atoms with E-state index in [0.717, 1.165) is 19.1 Å². The zero-order valence-electron chi connectivity index (χ0n) is 29.0. The van der Waals surface area contributed by atoms with Crippen LogP contribution >= 0.6 is 0 Å². The van der Waals surface area contributed by atoms with Crippen LogP contribution in [0.4, 0.5) is 14.5 Å². The number of nitrogens with zero attached hydrogens (tertiary/aromatic N) is 1. The highest BCUT2D eigenvalue weighted by atomic mass is 32.2. The second kappa shape index (κ2) is 13.4. The number of furan rings is 1. The number of hydrogen-bond donors (Lipinski definition) is 1. The zero-order chi connectivity index (χ0) is 36.2. The van der Waals surface area contributed by atoms with Crippen LogP contribution in [0.3, 0.4) is 0 Å². The van der Waals surface area contributed by atoms with E-state index < -0.39 is 45.9 Å². The molecule has 1 saturated heterocycles. The smallest absolute Gasteiger partial charge is 0.460 e. The largest absolute Gasteiger partial charge is 0.498 e. The van der Waals surface area contributed by atoms with Crippen LogP contribution in [0, 0.1) is 11.6 Å². The predicted octanol–water partition coefficient (Wildman–Crippen LogP) is 5.66. The van der Waals surface area contributed by atoms with Crippen molar-refractivity contribution in [2.24, 2.45) is 5.73 Å². The van der Waals surface area contributed by atoms with Crippen molar-refractivity contribution in [2.75, 3.05) is 24.5 Å². The van der Waals surface area contributed by atoms with E-state index in [1.807, 2.05) is 27.7 Å². The standard InChI is InChI=1S/C36H41BF2N2O8S/c1-35(2)36(3,4)49-37(48-35)33-24(19-46-20-45-5)13-22(14-28(33)39)18-41(50(6,43)44)29-17-30-27(16-26(29)23-9-10-23)32(34(40)42)31(47-30)15-21-7-11-25(38)12-8-21/h7-8,11-14,16-17,23H,9-10,15,18-20H2,1-6H3,(H2,40,42). The molecule has 1 aliphatic heterocycles. The summed E-state index contributed by atoms with van der Waals surface area (Å²) >= 11 is 0. The van der Waals surface area contributed by atoms with Crippen LogP contribution in [-0.2, 0) is 48.4 Å². The van der Waals surface area contributed by atoms with Crippen molar-refractivity contribution < 1.29 is 45.2 Å². The Labute approximate surface area is 291 Å². The highest BCUT2D eigenvalue weighted by Gasteiger charge is 2.53. The number of fused-ring (bicyclic) bond motifs is 1. The molecule has 0 radical (unpaired) electrons. The molecule has 1 aliphatic carbocycles. The second-order valence-electron chi connectivity index (χ2n) is 14.0. The van der Waals surface area contributed by atoms with Gasteiger partial charge in [-0.05, 0) is 93.0 Å². The molecule has 10 nitrogen and oxygen atoms in total. The fourth-order valence-electron chi connectivity index (χ4n) is 6.27. The van der Waals surface area contributed by atoms with Crippen molar-refractivity contribution in [2.45, 2.75) is 77.2 Å². The monoisotopic (exact) mass is 710 g/mol. The molecule has 2 fully saturated rings. The molecular weight excluding hydrogens is 669 g/mol. The maximum Gasteiger partial charge on any atom is 0.498 e. The van der Waals surface area contributed by atoms with E-state index in [1.165, 1.54) is 29.6 Å². The average molecular weight is 711 g/mol. The summed E-state index contributed by atoms with van der Waals surface area (Å²) in [4.78, 5) is 12.7. The molecule has 0 spiro atoms. The lowest BCUT2D eigenvalue weighted by Crippen LogP contribution is -2.41. The minimum atomic E-state index is -3.95. The van der Waals surface area contributed by atoms with Crippen molar-refractivity contribution in [1.29, 1.82) is 0 Å². The lowest BCUT2D eigenvalue weighted by Gasteiger charge is -2.32. The molecule has 2 aliphatic rings. The van der Waals surface area contributed by atoms with E-state index in [2.05, 4.69) is 0 Å². The van der Waals surface area contributed by atoms with Gasteiger partial charge in [0.25, 0.3) is 5.91 Å². The average Bonchev–Trinajstić information content (AvgIpc) is 3.76. The van der Waals surface area contributed by atoms with Gasteiger partial charge in [-0.25, -0.2) is 17.2 Å². The van der Waals surface area contributed by atoms with Gasteiger partial charge in [-0.1, -0.05) is 18.2 Å². The van der Waals surface area contributed by atoms with Gasteiger partial charge in [-0.3, -0.25) is 9.10 Å². The number of nitrogens with two attached hydrogens (primary N) is 1. The van der Waals surface area contributed by atoms with Crippen molar-refractivity contribution in [3.63, 3.8) is 0 Å². The molecular formula is C36H41BF2N2O8S. The van der Waals surface area contributed by atoms with Crippen molar-refractivity contribution in [3.05, 3.63) is 93.7 Å². The first-order valence-corrected chi connectivity index (χ1v) is 18.2. The van der Waals surface area contributed by atoms with E-state index in [0.29, 0.717) is 33.3 Å². The third-order valence-corrected chi connectivity index (χ3v) is 10.8. The number of halogens is 2. The Morgan fingerprint density at radius 3 is 2.26 bits per heavy atom. The van der Waals surface area contributed by atoms with Gasteiger partial charge in [0, 0.05) is 30.4 Å². The zero-order valence-corrected chi connectivity index (χ0v) is 29.8. The summed E-state index contributed by atoms with van der Waals surface area (Å²) in [5.74, 6) is -1.41. The summed E-state index contributed by atoms with van der Waals surface area (Å²) in [6.07, 6.45) is 2.89. The number of amides is 1. The molecule has 3 aromatic carbocycles. The van der Waals surface area contributed by atoms with Gasteiger partial charge in [0.1, 0.15) is 29.8 Å². The van der Waals surface area contributed by atoms with Crippen molar-refractivity contribution in [1.82, 2.24) is 0 Å². The molecule has 0 atom stereocenters. The number of hydrogen-bond acceptors (Lipinski definition) is 8. The van der Waals surface area contributed by atoms with Gasteiger partial charge in [-0.2, -0.15) is 0 Å². The minimum absolute atomic E-state index is 0.0373. The number of benzene rings is 3. The van der Waals surface area contributed by atoms with Crippen molar-refractivity contribution >= 4 is 45.2 Å². The Hall–Kier alpha value is -3.82. The van der Waals surface area contributed by atoms with Gasteiger partial charge >= 0.3 is 7.12 Å². The summed E-state index contributed by atoms with van der Waals surface area (Å²) in [6, 6.07) is 12.1. The van der Waals surface area contributed by atoms with Crippen LogP contribution in [0.15, 0.2) is 52.9 Å². The van der Waals surface area contributed by atoms with Gasteiger partial charge in [-0.15, -0.1) is 0 Å². The Morgan fingerprint density at radius 2 is 1.68 bits per heavy atom. The second-order valence-corrected chi connectivity index (χ2v) is 15.9. The molecule has 50 heavy (non-hydrogen) atoms. The number of ether oxygens (including phenoxy) is 2. The SMILES string of the molecule is COCOCc1cc(CN(c2cc3oc(Cc4ccc(F)cc4)c(C(N)=O)c3cc2C2CC2)S(C)(=O)=O)cc(F)c1B1OC(C)(C)C(C)(C)O1. The molecule has 2 heterocycles. The molecule has 14 heteroatoms. The number of anilines is 1. The number of rotatable bonds is 13. The van der Waals surface area contributed by atoms with Crippen LogP contribution < -0.4 is 15.5 Å². The van der Waals surface area contributed by atoms with E-state index in [9.17, 15) is 17.6 Å². The van der Waals surface area contributed by atoms with Crippen LogP contribution in [0.5, 0.6) is 0 Å².